The summed E-state index contributed by atoms with van der Waals surface area (Å²) in [7, 11) is 0. The fourth-order valence-corrected chi connectivity index (χ4v) is 1.99. The van der Waals surface area contributed by atoms with E-state index in [1.54, 1.807) is 42.7 Å². The van der Waals surface area contributed by atoms with Crippen LogP contribution in [0.25, 0.3) is 6.08 Å². The van der Waals surface area contributed by atoms with Crippen LogP contribution in [0.5, 0.6) is 11.6 Å². The Morgan fingerprint density at radius 2 is 1.79 bits per heavy atom. The number of nitrogens with zero attached hydrogens (tertiary/aromatic N) is 2. The van der Waals surface area contributed by atoms with E-state index in [1.807, 2.05) is 30.3 Å². The molecular weight excluding hydrogens is 302 g/mol. The molecule has 0 saturated carbocycles. The summed E-state index contributed by atoms with van der Waals surface area (Å²) in [5, 5.41) is 2.79. The van der Waals surface area contributed by atoms with Gasteiger partial charge in [-0.3, -0.25) is 9.78 Å². The number of amides is 1. The van der Waals surface area contributed by atoms with Gasteiger partial charge in [0.2, 0.25) is 11.8 Å². The first-order chi connectivity index (χ1) is 11.8. The van der Waals surface area contributed by atoms with Gasteiger partial charge in [-0.25, -0.2) is 4.98 Å². The van der Waals surface area contributed by atoms with Crippen LogP contribution in [0.15, 0.2) is 79.3 Å². The van der Waals surface area contributed by atoms with E-state index in [0.717, 1.165) is 5.56 Å². The number of hydrogen-bond acceptors (Lipinski definition) is 4. The molecule has 118 valence electrons. The van der Waals surface area contributed by atoms with Gasteiger partial charge in [-0.1, -0.05) is 30.3 Å². The molecule has 0 spiro atoms. The lowest BCUT2D eigenvalue weighted by atomic mass is 10.2. The highest BCUT2D eigenvalue weighted by molar-refractivity contribution is 6.01. The Morgan fingerprint density at radius 1 is 1.00 bits per heavy atom. The maximum Gasteiger partial charge on any atom is 0.248 e. The van der Waals surface area contributed by atoms with Crippen LogP contribution in [0.1, 0.15) is 5.56 Å². The largest absolute Gasteiger partial charge is 0.438 e. The predicted octanol–water partition coefficient (Wildman–Crippen LogP) is 3.92. The summed E-state index contributed by atoms with van der Waals surface area (Å²) < 4.78 is 5.54. The summed E-state index contributed by atoms with van der Waals surface area (Å²) in [5.41, 5.74) is 1.66. The number of benzene rings is 2. The first-order valence-corrected chi connectivity index (χ1v) is 7.38. The van der Waals surface area contributed by atoms with Gasteiger partial charge in [-0.15, -0.1) is 0 Å². The maximum absolute atomic E-state index is 11.9. The van der Waals surface area contributed by atoms with Crippen molar-refractivity contribution in [2.24, 2.45) is 0 Å². The molecule has 3 aromatic rings. The number of nitrogens with one attached hydrogen (secondary N) is 1. The third kappa shape index (κ3) is 4.51. The first-order valence-electron chi connectivity index (χ1n) is 7.38. The lowest BCUT2D eigenvalue weighted by molar-refractivity contribution is -0.111. The normalized spacial score (nSPS) is 10.5. The molecule has 24 heavy (non-hydrogen) atoms. The zero-order valence-electron chi connectivity index (χ0n) is 12.8. The van der Waals surface area contributed by atoms with Crippen molar-refractivity contribution < 1.29 is 9.53 Å². The summed E-state index contributed by atoms with van der Waals surface area (Å²) in [6.07, 6.45) is 7.93. The Hall–Kier alpha value is -3.47. The molecule has 3 rings (SSSR count). The summed E-state index contributed by atoms with van der Waals surface area (Å²) in [5.74, 6) is 0.842. The molecule has 0 aliphatic carbocycles. The van der Waals surface area contributed by atoms with Gasteiger partial charge in [0.25, 0.3) is 0 Å². The minimum Gasteiger partial charge on any atom is -0.438 e. The highest BCUT2D eigenvalue weighted by Crippen LogP contribution is 2.20. The molecule has 5 nitrogen and oxygen atoms in total. The molecule has 0 bridgehead atoms. The van der Waals surface area contributed by atoms with Crippen molar-refractivity contribution in [3.8, 4) is 11.6 Å². The molecule has 1 N–H and O–H groups in total. The van der Waals surface area contributed by atoms with Crippen molar-refractivity contribution in [3.05, 3.63) is 84.8 Å². The van der Waals surface area contributed by atoms with Crippen molar-refractivity contribution >= 4 is 17.7 Å². The Balaban J connectivity index is 1.58. The van der Waals surface area contributed by atoms with Gasteiger partial charge in [0.1, 0.15) is 5.75 Å². The third-order valence-electron chi connectivity index (χ3n) is 3.11. The molecule has 5 heteroatoms. The summed E-state index contributed by atoms with van der Waals surface area (Å²) >= 11 is 0. The molecule has 1 amide bonds. The Morgan fingerprint density at radius 3 is 2.50 bits per heavy atom. The smallest absolute Gasteiger partial charge is 0.248 e. The predicted molar refractivity (Wildman–Crippen MR) is 92.7 cm³/mol. The number of hydrogen-bond donors (Lipinski definition) is 1. The van der Waals surface area contributed by atoms with E-state index in [4.69, 9.17) is 4.74 Å². The maximum atomic E-state index is 11.9. The first kappa shape index (κ1) is 15.4. The Labute approximate surface area is 139 Å². The molecule has 0 fully saturated rings. The van der Waals surface area contributed by atoms with Gasteiger partial charge in [-0.05, 0) is 35.9 Å². The van der Waals surface area contributed by atoms with Crippen LogP contribution in [0.2, 0.25) is 0 Å². The van der Waals surface area contributed by atoms with E-state index in [1.165, 1.54) is 12.3 Å². The van der Waals surface area contributed by atoms with Crippen LogP contribution in [0.4, 0.5) is 5.69 Å². The van der Waals surface area contributed by atoms with Crippen LogP contribution in [-0.2, 0) is 4.79 Å². The molecule has 0 saturated heterocycles. The second kappa shape index (κ2) is 7.69. The number of ether oxygens (including phenoxy) is 1. The molecule has 0 unspecified atom stereocenters. The summed E-state index contributed by atoms with van der Waals surface area (Å²) in [6.45, 7) is 0. The molecule has 1 heterocycles. The van der Waals surface area contributed by atoms with Crippen LogP contribution in [-0.4, -0.2) is 15.9 Å². The molecule has 1 aromatic heterocycles. The van der Waals surface area contributed by atoms with Gasteiger partial charge in [0.05, 0.1) is 6.20 Å². The summed E-state index contributed by atoms with van der Waals surface area (Å²) in [6, 6.07) is 16.7. The van der Waals surface area contributed by atoms with Crippen molar-refractivity contribution in [1.29, 1.82) is 0 Å². The molecule has 0 radical (unpaired) electrons. The molecule has 0 aliphatic rings. The zero-order chi connectivity index (χ0) is 16.6. The Kier molecular flexibility index (Phi) is 4.94. The van der Waals surface area contributed by atoms with E-state index in [0.29, 0.717) is 17.3 Å². The Bertz CT molecular complexity index is 816. The van der Waals surface area contributed by atoms with Crippen LogP contribution >= 0.6 is 0 Å². The molecular formula is C19H15N3O2. The van der Waals surface area contributed by atoms with E-state index in [9.17, 15) is 4.79 Å². The quantitative estimate of drug-likeness (QED) is 0.724. The van der Waals surface area contributed by atoms with Crippen LogP contribution in [0.3, 0.4) is 0 Å². The SMILES string of the molecule is O=C(/C=C/c1ccccc1)Nc1ccc(Oc2cnccn2)cc1. The van der Waals surface area contributed by atoms with Gasteiger partial charge in [0.15, 0.2) is 0 Å². The van der Waals surface area contributed by atoms with E-state index >= 15 is 0 Å². The van der Waals surface area contributed by atoms with Gasteiger partial charge >= 0.3 is 0 Å². The van der Waals surface area contributed by atoms with E-state index in [2.05, 4.69) is 15.3 Å². The second-order valence-corrected chi connectivity index (χ2v) is 4.90. The topological polar surface area (TPSA) is 64.1 Å². The van der Waals surface area contributed by atoms with E-state index < -0.39 is 0 Å². The highest BCUT2D eigenvalue weighted by Gasteiger charge is 2.01. The van der Waals surface area contributed by atoms with Crippen molar-refractivity contribution in [1.82, 2.24) is 9.97 Å². The number of aromatic nitrogens is 2. The third-order valence-corrected chi connectivity index (χ3v) is 3.11. The number of carbonyl (C=O) groups excluding carboxylic acids is 1. The van der Waals surface area contributed by atoms with Gasteiger partial charge in [-0.2, -0.15) is 0 Å². The summed E-state index contributed by atoms with van der Waals surface area (Å²) in [4.78, 5) is 19.9. The van der Waals surface area contributed by atoms with Crippen LogP contribution in [0, 0.1) is 0 Å². The van der Waals surface area contributed by atoms with E-state index in [-0.39, 0.29) is 5.91 Å². The lowest BCUT2D eigenvalue weighted by Gasteiger charge is -2.06. The lowest BCUT2D eigenvalue weighted by Crippen LogP contribution is -2.07. The number of rotatable bonds is 5. The monoisotopic (exact) mass is 317 g/mol. The average Bonchev–Trinajstić information content (AvgIpc) is 2.63. The molecule has 0 aliphatic heterocycles. The second-order valence-electron chi connectivity index (χ2n) is 4.90. The zero-order valence-corrected chi connectivity index (χ0v) is 12.8. The minimum absolute atomic E-state index is 0.193. The van der Waals surface area contributed by atoms with Crippen LogP contribution < -0.4 is 10.1 Å². The van der Waals surface area contributed by atoms with Crippen molar-refractivity contribution in [2.45, 2.75) is 0 Å². The average molecular weight is 317 g/mol. The minimum atomic E-state index is -0.193. The molecule has 0 atom stereocenters. The van der Waals surface area contributed by atoms with Gasteiger partial charge in [0, 0.05) is 24.2 Å². The van der Waals surface area contributed by atoms with Crippen molar-refractivity contribution in [2.75, 3.05) is 5.32 Å². The fourth-order valence-electron chi connectivity index (χ4n) is 1.99. The number of anilines is 1. The van der Waals surface area contributed by atoms with Gasteiger partial charge < -0.3 is 10.1 Å². The standard InChI is InChI=1S/C19H15N3O2/c23-18(11-6-15-4-2-1-3-5-15)22-16-7-9-17(10-8-16)24-19-14-20-12-13-21-19/h1-14H,(H,22,23)/b11-6+. The number of carbonyl (C=O) groups is 1. The van der Waals surface area contributed by atoms with Crippen molar-refractivity contribution in [3.63, 3.8) is 0 Å². The fraction of sp³-hybridized carbons (Fsp3) is 0. The molecule has 2 aromatic carbocycles. The highest BCUT2D eigenvalue weighted by atomic mass is 16.5.